The maximum absolute atomic E-state index is 17.2. The van der Waals surface area contributed by atoms with Gasteiger partial charge >= 0.3 is 12.1 Å². The summed E-state index contributed by atoms with van der Waals surface area (Å²) in [6.45, 7) is 7.71. The molecular formula is C53H53F2N9O7. The Morgan fingerprint density at radius 2 is 1.83 bits per heavy atom. The normalized spacial score (nSPS) is 23.8. The van der Waals surface area contributed by atoms with Gasteiger partial charge in [-0.05, 0) is 86.6 Å². The number of benzene rings is 3. The van der Waals surface area contributed by atoms with E-state index in [1.165, 1.54) is 11.0 Å². The highest BCUT2D eigenvalue weighted by molar-refractivity contribution is 6.05. The van der Waals surface area contributed by atoms with Crippen LogP contribution in [-0.4, -0.2) is 124 Å². The van der Waals surface area contributed by atoms with Crippen LogP contribution in [0.4, 0.5) is 19.4 Å². The standard InChI is InChI=1S/C53H53F2N9O7/c1-3-37-41(54)14-9-31-7-6-8-39(44(31)37)46-45(55)47-40(23-57-46)48(62-26-33-10-11-34(27-62)58-33)61-51(60-47)71-29-53-18-17-35(64(53)24-30(2)22-53)28-70-52(68)56-19-4-5-20-69-36-12-13-38-32(21-36)25-63(50(38)67)42-15-16-43(65)59-49(42)66/h1,6-9,12-14,21,23,33-35,42,58H,2,4-5,10-11,15-20,22,24-29H2,(H,56,68)(H,59,65,66)/t33-,34+,35-,42?,53-/m0/s1. The molecular weight excluding hydrogens is 913 g/mol. The number of nitrogens with one attached hydrogen (secondary N) is 3. The minimum absolute atomic E-state index is 0.00943. The fourth-order valence-electron chi connectivity index (χ4n) is 11.6. The lowest BCUT2D eigenvalue weighted by atomic mass is 9.94. The smallest absolute Gasteiger partial charge is 0.407 e. The van der Waals surface area contributed by atoms with Crippen LogP contribution in [0.3, 0.4) is 0 Å². The van der Waals surface area contributed by atoms with E-state index < -0.39 is 35.2 Å². The Kier molecular flexibility index (Phi) is 12.2. The number of imide groups is 1. The summed E-state index contributed by atoms with van der Waals surface area (Å²) in [5, 5.41) is 10.3. The first kappa shape index (κ1) is 46.2. The van der Waals surface area contributed by atoms with E-state index in [0.29, 0.717) is 97.3 Å². The van der Waals surface area contributed by atoms with Crippen LogP contribution in [0.2, 0.25) is 0 Å². The summed E-state index contributed by atoms with van der Waals surface area (Å²) in [5.41, 5.74) is 2.26. The number of unbranched alkanes of at least 4 members (excludes halogenated alkanes) is 1. The van der Waals surface area contributed by atoms with Crippen LogP contribution in [0.1, 0.15) is 79.3 Å². The number of amides is 4. The lowest BCUT2D eigenvalue weighted by molar-refractivity contribution is -0.136. The van der Waals surface area contributed by atoms with E-state index in [2.05, 4.69) is 43.2 Å². The third kappa shape index (κ3) is 8.75. The number of pyridine rings is 1. The first-order valence-electron chi connectivity index (χ1n) is 24.4. The molecule has 0 spiro atoms. The van der Waals surface area contributed by atoms with Crippen LogP contribution in [0, 0.1) is 24.0 Å². The van der Waals surface area contributed by atoms with Crippen LogP contribution < -0.4 is 30.3 Å². The summed E-state index contributed by atoms with van der Waals surface area (Å²) in [6.07, 6.45) is 12.9. The molecule has 0 radical (unpaired) electrons. The number of fused-ring (bicyclic) bond motifs is 6. The molecule has 5 saturated heterocycles. The van der Waals surface area contributed by atoms with E-state index >= 15 is 8.78 Å². The zero-order valence-electron chi connectivity index (χ0n) is 39.1. The van der Waals surface area contributed by atoms with Gasteiger partial charge in [-0.3, -0.25) is 29.6 Å². The van der Waals surface area contributed by atoms with Crippen molar-refractivity contribution < 1.29 is 42.2 Å². The molecule has 8 heterocycles. The van der Waals surface area contributed by atoms with Crippen molar-refractivity contribution in [2.75, 3.05) is 50.9 Å². The van der Waals surface area contributed by atoms with Crippen molar-refractivity contribution in [3.63, 3.8) is 0 Å². The number of nitrogens with zero attached hydrogens (tertiary/aromatic N) is 6. The van der Waals surface area contributed by atoms with Gasteiger partial charge in [-0.2, -0.15) is 9.97 Å². The Bertz CT molecular complexity index is 3060. The maximum Gasteiger partial charge on any atom is 0.407 e. The SMILES string of the molecule is C#Cc1c(F)ccc2cccc(-c3ncc4c(N5C[C@H]6CC[C@@H](C5)N6)nc(OC[C@@]56CC[C@@H](COC(=O)NCCCCOc7ccc8c(c7)CN(C7CCC(=O)NC7=O)C8=O)N5CC(=C)C6)nc4c3F)c12. The molecule has 4 amide bonds. The molecule has 6 aliphatic heterocycles. The van der Waals surface area contributed by atoms with Crippen molar-refractivity contribution >= 4 is 51.3 Å². The van der Waals surface area contributed by atoms with Crippen molar-refractivity contribution in [3.05, 3.63) is 95.2 Å². The highest BCUT2D eigenvalue weighted by Gasteiger charge is 2.51. The molecule has 3 N–H and O–H groups in total. The number of piperidine rings is 1. The number of hydrogen-bond donors (Lipinski definition) is 3. The molecule has 5 fully saturated rings. The highest BCUT2D eigenvalue weighted by atomic mass is 19.1. The van der Waals surface area contributed by atoms with Gasteiger partial charge in [0.25, 0.3) is 5.91 Å². The Morgan fingerprint density at radius 3 is 2.65 bits per heavy atom. The Morgan fingerprint density at radius 1 is 0.986 bits per heavy atom. The Balaban J connectivity index is 0.714. The second-order valence-electron chi connectivity index (χ2n) is 19.6. The van der Waals surface area contributed by atoms with Gasteiger partial charge in [0.1, 0.15) is 47.9 Å². The first-order chi connectivity index (χ1) is 34.4. The van der Waals surface area contributed by atoms with Gasteiger partial charge in [-0.25, -0.2) is 13.6 Å². The van der Waals surface area contributed by atoms with Gasteiger partial charge in [0.05, 0.1) is 23.1 Å². The largest absolute Gasteiger partial charge is 0.494 e. The summed E-state index contributed by atoms with van der Waals surface area (Å²) in [7, 11) is 0. The predicted octanol–water partition coefficient (Wildman–Crippen LogP) is 5.93. The molecule has 2 aromatic heterocycles. The molecule has 18 heteroatoms. The minimum Gasteiger partial charge on any atom is -0.494 e. The van der Waals surface area contributed by atoms with E-state index in [4.69, 9.17) is 30.6 Å². The van der Waals surface area contributed by atoms with Gasteiger partial charge in [-0.1, -0.05) is 42.3 Å². The topological polar surface area (TPSA) is 180 Å². The molecule has 5 atom stereocenters. The number of hydrogen-bond acceptors (Lipinski definition) is 13. The number of carbonyl (C=O) groups is 4. The second-order valence-corrected chi connectivity index (χ2v) is 19.6. The van der Waals surface area contributed by atoms with Crippen molar-refractivity contribution in [2.45, 2.75) is 94.0 Å². The summed E-state index contributed by atoms with van der Waals surface area (Å²) >= 11 is 0. The van der Waals surface area contributed by atoms with Gasteiger partial charge in [0.15, 0.2) is 5.82 Å². The molecule has 71 heavy (non-hydrogen) atoms. The third-order valence-electron chi connectivity index (χ3n) is 15.0. The Hall–Kier alpha value is -7.23. The maximum atomic E-state index is 17.2. The second kappa shape index (κ2) is 18.8. The lowest BCUT2D eigenvalue weighted by Gasteiger charge is -2.35. The number of anilines is 1. The Labute approximate surface area is 408 Å². The minimum atomic E-state index is -0.690. The fourth-order valence-corrected chi connectivity index (χ4v) is 11.6. The van der Waals surface area contributed by atoms with Crippen LogP contribution >= 0.6 is 0 Å². The van der Waals surface area contributed by atoms with Crippen LogP contribution in [0.5, 0.6) is 11.8 Å². The molecule has 16 nitrogen and oxygen atoms in total. The first-order valence-corrected chi connectivity index (χ1v) is 24.4. The number of terminal acetylenes is 1. The molecule has 6 aliphatic rings. The van der Waals surface area contributed by atoms with Crippen LogP contribution in [-0.2, 0) is 20.9 Å². The average molecular weight is 966 g/mol. The van der Waals surface area contributed by atoms with E-state index in [1.807, 2.05) is 6.07 Å². The van der Waals surface area contributed by atoms with Gasteiger partial charge in [0, 0.05) is 80.0 Å². The number of aromatic nitrogens is 3. The van der Waals surface area contributed by atoms with Gasteiger partial charge in [0.2, 0.25) is 11.8 Å². The molecule has 1 unspecified atom stereocenters. The molecule has 366 valence electrons. The van der Waals surface area contributed by atoms with E-state index in [-0.39, 0.29) is 78.9 Å². The number of piperazine rings is 1. The molecule has 3 aromatic carbocycles. The summed E-state index contributed by atoms with van der Waals surface area (Å²) < 4.78 is 50.4. The van der Waals surface area contributed by atoms with Crippen LogP contribution in [0.25, 0.3) is 32.9 Å². The van der Waals surface area contributed by atoms with Crippen molar-refractivity contribution in [3.8, 4) is 35.4 Å². The van der Waals surface area contributed by atoms with E-state index in [1.54, 1.807) is 42.6 Å². The zero-order valence-corrected chi connectivity index (χ0v) is 39.1. The zero-order chi connectivity index (χ0) is 49.0. The molecule has 2 bridgehead atoms. The van der Waals surface area contributed by atoms with Crippen LogP contribution in [0.15, 0.2) is 66.9 Å². The number of halogens is 2. The predicted molar refractivity (Wildman–Crippen MR) is 259 cm³/mol. The number of alkyl carbamates (subject to hydrolysis) is 1. The fraction of sp³-hybridized carbons (Fsp3) is 0.415. The summed E-state index contributed by atoms with van der Waals surface area (Å²) in [6, 6.07) is 13.2. The molecule has 0 saturated carbocycles. The average Bonchev–Trinajstić information content (AvgIpc) is 4.09. The lowest BCUT2D eigenvalue weighted by Crippen LogP contribution is -2.52. The van der Waals surface area contributed by atoms with Gasteiger partial charge in [-0.15, -0.1) is 6.42 Å². The third-order valence-corrected chi connectivity index (χ3v) is 15.0. The van der Waals surface area contributed by atoms with E-state index in [0.717, 1.165) is 36.8 Å². The van der Waals surface area contributed by atoms with E-state index in [9.17, 15) is 19.2 Å². The van der Waals surface area contributed by atoms with Crippen molar-refractivity contribution in [1.29, 1.82) is 0 Å². The highest BCUT2D eigenvalue weighted by Crippen LogP contribution is 2.45. The monoisotopic (exact) mass is 965 g/mol. The number of rotatable bonds is 14. The van der Waals surface area contributed by atoms with Crippen molar-refractivity contribution in [1.82, 2.24) is 40.7 Å². The molecule has 0 aliphatic carbocycles. The summed E-state index contributed by atoms with van der Waals surface area (Å²) in [5.74, 6) is 1.30. The van der Waals surface area contributed by atoms with Crippen molar-refractivity contribution in [2.24, 2.45) is 0 Å². The molecule has 5 aromatic rings. The summed E-state index contributed by atoms with van der Waals surface area (Å²) in [4.78, 5) is 70.2. The quantitative estimate of drug-likeness (QED) is 0.0516. The van der Waals surface area contributed by atoms with Gasteiger partial charge < -0.3 is 34.6 Å². The molecule has 11 rings (SSSR count). The number of ether oxygens (including phenoxy) is 3. The number of carbonyl (C=O) groups excluding carboxylic acids is 4.